The molecule has 2 aromatic rings. The first-order valence-electron chi connectivity index (χ1n) is 6.09. The summed E-state index contributed by atoms with van der Waals surface area (Å²) in [6.07, 6.45) is 1.90. The van der Waals surface area contributed by atoms with Gasteiger partial charge in [-0.3, -0.25) is 4.79 Å². The van der Waals surface area contributed by atoms with Crippen molar-refractivity contribution in [2.45, 2.75) is 12.1 Å². The fraction of sp³-hybridized carbons (Fsp3) is 0.308. The van der Waals surface area contributed by atoms with Crippen LogP contribution in [0.5, 0.6) is 0 Å². The van der Waals surface area contributed by atoms with E-state index in [0.29, 0.717) is 5.69 Å². The van der Waals surface area contributed by atoms with Gasteiger partial charge in [-0.25, -0.2) is 9.37 Å². The Morgan fingerprint density at radius 3 is 3.20 bits per heavy atom. The van der Waals surface area contributed by atoms with Crippen LogP contribution in [0, 0.1) is 11.5 Å². The van der Waals surface area contributed by atoms with E-state index in [2.05, 4.69) is 10.3 Å². The van der Waals surface area contributed by atoms with Crippen molar-refractivity contribution in [1.29, 1.82) is 5.26 Å². The number of hydrogen-bond donors (Lipinski definition) is 1. The molecule has 102 valence electrons. The molecule has 20 heavy (non-hydrogen) atoms. The van der Waals surface area contributed by atoms with Gasteiger partial charge >= 0.3 is 0 Å². The Hall–Kier alpha value is -2.20. The lowest BCUT2D eigenvalue weighted by Gasteiger charge is -2.18. The number of thiazole rings is 1. The van der Waals surface area contributed by atoms with Crippen molar-refractivity contribution in [3.05, 3.63) is 23.7 Å². The second-order valence-corrected chi connectivity index (χ2v) is 5.61. The van der Waals surface area contributed by atoms with Gasteiger partial charge in [-0.15, -0.1) is 11.3 Å². The molecular formula is C13H11FN4OS. The summed E-state index contributed by atoms with van der Waals surface area (Å²) >= 11 is 1.46. The molecule has 0 radical (unpaired) electrons. The summed E-state index contributed by atoms with van der Waals surface area (Å²) < 4.78 is 15.4. The van der Waals surface area contributed by atoms with Crippen molar-refractivity contribution in [3.63, 3.8) is 0 Å². The number of aromatic nitrogens is 1. The second-order valence-electron chi connectivity index (χ2n) is 4.73. The normalized spacial score (nSPS) is 21.9. The highest BCUT2D eigenvalue weighted by Crippen LogP contribution is 2.28. The van der Waals surface area contributed by atoms with Crippen LogP contribution in [0.25, 0.3) is 10.2 Å². The number of amides is 1. The maximum Gasteiger partial charge on any atom is 0.264 e. The summed E-state index contributed by atoms with van der Waals surface area (Å²) in [5.41, 5.74) is 1.10. The number of benzene rings is 1. The zero-order valence-electron chi connectivity index (χ0n) is 10.5. The van der Waals surface area contributed by atoms with Crippen molar-refractivity contribution in [2.75, 3.05) is 18.4 Å². The second kappa shape index (κ2) is 4.72. The Labute approximate surface area is 118 Å². The monoisotopic (exact) mass is 290 g/mol. The van der Waals surface area contributed by atoms with Gasteiger partial charge in [-0.05, 0) is 18.2 Å². The van der Waals surface area contributed by atoms with Gasteiger partial charge in [0.15, 0.2) is 6.19 Å². The molecule has 5 nitrogen and oxygen atoms in total. The van der Waals surface area contributed by atoms with E-state index in [9.17, 15) is 9.18 Å². The number of fused-ring (bicyclic) bond motifs is 1. The fourth-order valence-corrected chi connectivity index (χ4v) is 2.94. The topological polar surface area (TPSA) is 69.0 Å². The highest BCUT2D eigenvalue weighted by Gasteiger charge is 2.45. The molecule has 1 aliphatic rings. The molecule has 1 aromatic carbocycles. The number of halogens is 1. The first-order valence-corrected chi connectivity index (χ1v) is 6.97. The fourth-order valence-electron chi connectivity index (χ4n) is 2.22. The number of nitrogens with zero attached hydrogens (tertiary/aromatic N) is 3. The first kappa shape index (κ1) is 12.8. The van der Waals surface area contributed by atoms with E-state index < -0.39 is 11.6 Å². The molecule has 1 fully saturated rings. The van der Waals surface area contributed by atoms with Gasteiger partial charge in [0.25, 0.3) is 5.91 Å². The third-order valence-corrected chi connectivity index (χ3v) is 4.15. The van der Waals surface area contributed by atoms with E-state index in [1.165, 1.54) is 16.2 Å². The van der Waals surface area contributed by atoms with Crippen LogP contribution in [0.3, 0.4) is 0 Å². The molecule has 1 aromatic heterocycles. The maximum absolute atomic E-state index is 14.5. The van der Waals surface area contributed by atoms with Crippen LogP contribution < -0.4 is 5.32 Å². The average Bonchev–Trinajstić information content (AvgIpc) is 3.05. The van der Waals surface area contributed by atoms with Gasteiger partial charge in [0.05, 0.1) is 22.3 Å². The molecule has 1 unspecified atom stereocenters. The van der Waals surface area contributed by atoms with Gasteiger partial charge in [0.1, 0.15) is 0 Å². The zero-order valence-corrected chi connectivity index (χ0v) is 11.3. The van der Waals surface area contributed by atoms with E-state index in [4.69, 9.17) is 5.26 Å². The molecule has 7 heteroatoms. The molecule has 0 saturated carbocycles. The van der Waals surface area contributed by atoms with E-state index >= 15 is 0 Å². The predicted octanol–water partition coefficient (Wildman–Crippen LogP) is 2.13. The van der Waals surface area contributed by atoms with Crippen LogP contribution in [0.4, 0.5) is 10.1 Å². The predicted molar refractivity (Wildman–Crippen MR) is 73.9 cm³/mol. The Morgan fingerprint density at radius 2 is 2.45 bits per heavy atom. The number of nitriles is 1. The maximum atomic E-state index is 14.5. The number of likely N-dealkylation sites (tertiary alicyclic amines) is 1. The number of anilines is 1. The lowest BCUT2D eigenvalue weighted by molar-refractivity contribution is -0.126. The number of alkyl halides is 1. The van der Waals surface area contributed by atoms with Gasteiger partial charge in [0, 0.05) is 18.7 Å². The van der Waals surface area contributed by atoms with Gasteiger partial charge in [-0.2, -0.15) is 5.26 Å². The third kappa shape index (κ3) is 2.18. The zero-order chi connectivity index (χ0) is 14.2. The summed E-state index contributed by atoms with van der Waals surface area (Å²) in [6.45, 7) is 0.0897. The summed E-state index contributed by atoms with van der Waals surface area (Å²) in [4.78, 5) is 17.4. The molecule has 3 rings (SSSR count). The van der Waals surface area contributed by atoms with Crippen LogP contribution in [0.1, 0.15) is 6.42 Å². The highest BCUT2D eigenvalue weighted by molar-refractivity contribution is 7.16. The van der Waals surface area contributed by atoms with Gasteiger partial charge < -0.3 is 10.2 Å². The number of hydrogen-bond acceptors (Lipinski definition) is 5. The number of nitrogens with one attached hydrogen (secondary N) is 1. The number of rotatable bonds is 2. The van der Waals surface area contributed by atoms with Gasteiger partial charge in [-0.1, -0.05) is 0 Å². The molecule has 1 atom stereocenters. The Kier molecular flexibility index (Phi) is 3.03. The molecular weight excluding hydrogens is 279 g/mol. The smallest absolute Gasteiger partial charge is 0.264 e. The average molecular weight is 290 g/mol. The minimum absolute atomic E-state index is 0.0369. The lowest BCUT2D eigenvalue weighted by atomic mass is 10.0. The summed E-state index contributed by atoms with van der Waals surface area (Å²) in [6, 6.07) is 5.24. The first-order chi connectivity index (χ1) is 9.60. The van der Waals surface area contributed by atoms with Crippen molar-refractivity contribution in [1.82, 2.24) is 9.88 Å². The molecule has 1 aliphatic heterocycles. The van der Waals surface area contributed by atoms with Crippen molar-refractivity contribution >= 4 is 33.1 Å². The molecule has 1 amide bonds. The third-order valence-electron chi connectivity index (χ3n) is 3.36. The Bertz CT molecular complexity index is 710. The van der Waals surface area contributed by atoms with Crippen molar-refractivity contribution in [3.8, 4) is 6.19 Å². The van der Waals surface area contributed by atoms with E-state index in [1.807, 2.05) is 6.19 Å². The van der Waals surface area contributed by atoms with Crippen molar-refractivity contribution in [2.24, 2.45) is 0 Å². The van der Waals surface area contributed by atoms with E-state index in [-0.39, 0.29) is 19.5 Å². The van der Waals surface area contributed by atoms with Gasteiger partial charge in [0.2, 0.25) is 5.67 Å². The minimum Gasteiger partial charge on any atom is -0.323 e. The number of carbonyl (C=O) groups excluding carboxylic acids is 1. The summed E-state index contributed by atoms with van der Waals surface area (Å²) in [7, 11) is 0. The lowest BCUT2D eigenvalue weighted by Crippen LogP contribution is -2.40. The summed E-state index contributed by atoms with van der Waals surface area (Å²) in [5.74, 6) is -0.695. The van der Waals surface area contributed by atoms with Crippen LogP contribution in [-0.2, 0) is 4.79 Å². The molecule has 2 heterocycles. The van der Waals surface area contributed by atoms with Crippen molar-refractivity contribution < 1.29 is 9.18 Å². The van der Waals surface area contributed by atoms with Crippen LogP contribution >= 0.6 is 11.3 Å². The molecule has 0 spiro atoms. The largest absolute Gasteiger partial charge is 0.323 e. The van der Waals surface area contributed by atoms with Crippen LogP contribution in [0.15, 0.2) is 23.7 Å². The molecule has 0 bridgehead atoms. The number of carbonyl (C=O) groups is 1. The molecule has 1 N–H and O–H groups in total. The molecule has 0 aliphatic carbocycles. The highest BCUT2D eigenvalue weighted by atomic mass is 32.1. The SMILES string of the molecule is N#CN1CCC(F)(C(=O)Nc2ccc3ncsc3c2)C1. The Balaban J connectivity index is 1.77. The summed E-state index contributed by atoms with van der Waals surface area (Å²) in [5, 5.41) is 11.3. The van der Waals surface area contributed by atoms with E-state index in [1.54, 1.807) is 23.7 Å². The minimum atomic E-state index is -2.00. The van der Waals surface area contributed by atoms with Crippen LogP contribution in [-0.4, -0.2) is 34.5 Å². The van der Waals surface area contributed by atoms with E-state index in [0.717, 1.165) is 10.2 Å². The Morgan fingerprint density at radius 1 is 1.60 bits per heavy atom. The standard InChI is InChI=1S/C13H11FN4OS/c14-13(3-4-18(6-13)7-15)12(19)17-9-1-2-10-11(5-9)20-8-16-10/h1-2,5,8H,3-4,6H2,(H,17,19). The molecule has 1 saturated heterocycles. The quantitative estimate of drug-likeness (QED) is 0.860. The van der Waals surface area contributed by atoms with Crippen LogP contribution in [0.2, 0.25) is 0 Å².